The third kappa shape index (κ3) is 2.93. The summed E-state index contributed by atoms with van der Waals surface area (Å²) in [6.07, 6.45) is 3.99. The molecule has 0 spiro atoms. The van der Waals surface area contributed by atoms with E-state index in [1.807, 2.05) is 4.90 Å². The lowest BCUT2D eigenvalue weighted by molar-refractivity contribution is 0.0546. The van der Waals surface area contributed by atoms with E-state index >= 15 is 0 Å². The van der Waals surface area contributed by atoms with Gasteiger partial charge in [0, 0.05) is 32.2 Å². The Labute approximate surface area is 109 Å². The minimum absolute atomic E-state index is 0.0165. The normalized spacial score (nSPS) is 18.9. The van der Waals surface area contributed by atoms with Crippen molar-refractivity contribution in [1.29, 1.82) is 0 Å². The predicted octanol–water partition coefficient (Wildman–Crippen LogP) is 2.23. The molecule has 0 radical (unpaired) electrons. The first-order chi connectivity index (χ1) is 8.72. The van der Waals surface area contributed by atoms with Gasteiger partial charge in [-0.2, -0.15) is 0 Å². The summed E-state index contributed by atoms with van der Waals surface area (Å²) in [5.74, 6) is 0.466. The van der Waals surface area contributed by atoms with E-state index in [1.54, 1.807) is 18.4 Å². The fourth-order valence-corrected chi connectivity index (χ4v) is 2.52. The highest BCUT2D eigenvalue weighted by molar-refractivity contribution is 5.91. The van der Waals surface area contributed by atoms with E-state index in [2.05, 4.69) is 18.7 Å². The van der Waals surface area contributed by atoms with Crippen molar-refractivity contribution >= 4 is 5.91 Å². The number of hydrogen-bond donors (Lipinski definition) is 0. The molecule has 0 saturated carbocycles. The van der Waals surface area contributed by atoms with Gasteiger partial charge in [0.15, 0.2) is 5.76 Å². The summed E-state index contributed by atoms with van der Waals surface area (Å²) < 4.78 is 5.16. The van der Waals surface area contributed by atoms with E-state index in [1.165, 1.54) is 12.8 Å². The van der Waals surface area contributed by atoms with Gasteiger partial charge in [0.05, 0.1) is 6.26 Å². The van der Waals surface area contributed by atoms with Crippen molar-refractivity contribution in [3.63, 3.8) is 0 Å². The standard InChI is InChI=1S/C14H22N2O2/c1-3-5-12(2)15-7-9-16(10-8-15)14(17)13-6-4-11-18-13/h4,6,11-12H,3,5,7-10H2,1-2H3. The van der Waals surface area contributed by atoms with E-state index in [4.69, 9.17) is 4.42 Å². The smallest absolute Gasteiger partial charge is 0.289 e. The molecule has 0 aromatic carbocycles. The van der Waals surface area contributed by atoms with Gasteiger partial charge in [0.2, 0.25) is 0 Å². The highest BCUT2D eigenvalue weighted by atomic mass is 16.3. The Morgan fingerprint density at radius 2 is 2.11 bits per heavy atom. The summed E-state index contributed by atoms with van der Waals surface area (Å²) in [5.41, 5.74) is 0. The van der Waals surface area contributed by atoms with Crippen LogP contribution in [0.15, 0.2) is 22.8 Å². The molecule has 1 saturated heterocycles. The Bertz CT molecular complexity index is 367. The molecule has 1 amide bonds. The quantitative estimate of drug-likeness (QED) is 0.822. The number of carbonyl (C=O) groups excluding carboxylic acids is 1. The van der Waals surface area contributed by atoms with Crippen LogP contribution in [0.1, 0.15) is 37.2 Å². The second-order valence-corrected chi connectivity index (χ2v) is 4.94. The van der Waals surface area contributed by atoms with Gasteiger partial charge in [-0.3, -0.25) is 9.69 Å². The number of amides is 1. The zero-order valence-corrected chi connectivity index (χ0v) is 11.3. The van der Waals surface area contributed by atoms with Gasteiger partial charge in [0.1, 0.15) is 0 Å². The van der Waals surface area contributed by atoms with Crippen LogP contribution < -0.4 is 0 Å². The zero-order chi connectivity index (χ0) is 13.0. The van der Waals surface area contributed by atoms with Crippen molar-refractivity contribution in [3.8, 4) is 0 Å². The average molecular weight is 250 g/mol. The van der Waals surface area contributed by atoms with E-state index in [9.17, 15) is 4.79 Å². The first-order valence-electron chi connectivity index (χ1n) is 6.79. The molecular formula is C14H22N2O2. The number of hydrogen-bond acceptors (Lipinski definition) is 3. The lowest BCUT2D eigenvalue weighted by atomic mass is 10.1. The lowest BCUT2D eigenvalue weighted by Crippen LogP contribution is -2.51. The maximum atomic E-state index is 12.1. The van der Waals surface area contributed by atoms with Gasteiger partial charge in [-0.15, -0.1) is 0 Å². The minimum Gasteiger partial charge on any atom is -0.459 e. The molecule has 1 unspecified atom stereocenters. The van der Waals surface area contributed by atoms with Crippen LogP contribution in [-0.4, -0.2) is 47.9 Å². The molecule has 4 nitrogen and oxygen atoms in total. The summed E-state index contributed by atoms with van der Waals surface area (Å²) in [7, 11) is 0. The van der Waals surface area contributed by atoms with Crippen molar-refractivity contribution in [2.24, 2.45) is 0 Å². The topological polar surface area (TPSA) is 36.7 Å². The van der Waals surface area contributed by atoms with Gasteiger partial charge in [-0.1, -0.05) is 13.3 Å². The van der Waals surface area contributed by atoms with Crippen molar-refractivity contribution in [2.75, 3.05) is 26.2 Å². The molecule has 1 atom stereocenters. The Hall–Kier alpha value is -1.29. The molecule has 0 aliphatic carbocycles. The van der Waals surface area contributed by atoms with Gasteiger partial charge >= 0.3 is 0 Å². The molecule has 100 valence electrons. The average Bonchev–Trinajstić information content (AvgIpc) is 2.92. The van der Waals surface area contributed by atoms with Gasteiger partial charge < -0.3 is 9.32 Å². The summed E-state index contributed by atoms with van der Waals surface area (Å²) in [5, 5.41) is 0. The fourth-order valence-electron chi connectivity index (χ4n) is 2.52. The molecule has 0 N–H and O–H groups in total. The van der Waals surface area contributed by atoms with E-state index in [-0.39, 0.29) is 5.91 Å². The van der Waals surface area contributed by atoms with Crippen LogP contribution >= 0.6 is 0 Å². The van der Waals surface area contributed by atoms with E-state index in [0.29, 0.717) is 11.8 Å². The molecule has 1 fully saturated rings. The molecule has 1 aliphatic rings. The van der Waals surface area contributed by atoms with E-state index in [0.717, 1.165) is 26.2 Å². The number of nitrogens with zero attached hydrogens (tertiary/aromatic N) is 2. The summed E-state index contributed by atoms with van der Waals surface area (Å²) in [6.45, 7) is 8.02. The van der Waals surface area contributed by atoms with Crippen LogP contribution in [0.3, 0.4) is 0 Å². The summed E-state index contributed by atoms with van der Waals surface area (Å²) in [6, 6.07) is 4.11. The third-order valence-corrected chi connectivity index (χ3v) is 3.66. The highest BCUT2D eigenvalue weighted by Crippen LogP contribution is 2.13. The maximum Gasteiger partial charge on any atom is 0.289 e. The molecule has 2 heterocycles. The molecule has 2 rings (SSSR count). The second-order valence-electron chi connectivity index (χ2n) is 4.94. The van der Waals surface area contributed by atoms with Crippen molar-refractivity contribution in [2.45, 2.75) is 32.7 Å². The molecule has 4 heteroatoms. The molecular weight excluding hydrogens is 228 g/mol. The minimum atomic E-state index is 0.0165. The fraction of sp³-hybridized carbons (Fsp3) is 0.643. The lowest BCUT2D eigenvalue weighted by Gasteiger charge is -2.37. The van der Waals surface area contributed by atoms with Gasteiger partial charge in [-0.05, 0) is 25.5 Å². The Morgan fingerprint density at radius 1 is 1.39 bits per heavy atom. The Kier molecular flexibility index (Phi) is 4.42. The van der Waals surface area contributed by atoms with Crippen molar-refractivity contribution in [3.05, 3.63) is 24.2 Å². The molecule has 18 heavy (non-hydrogen) atoms. The third-order valence-electron chi connectivity index (χ3n) is 3.66. The predicted molar refractivity (Wildman–Crippen MR) is 70.6 cm³/mol. The van der Waals surface area contributed by atoms with Crippen LogP contribution in [0.2, 0.25) is 0 Å². The Morgan fingerprint density at radius 3 is 2.67 bits per heavy atom. The van der Waals surface area contributed by atoms with Crippen molar-refractivity contribution < 1.29 is 9.21 Å². The van der Waals surface area contributed by atoms with Gasteiger partial charge in [-0.25, -0.2) is 0 Å². The van der Waals surface area contributed by atoms with Crippen LogP contribution in [0.25, 0.3) is 0 Å². The SMILES string of the molecule is CCCC(C)N1CCN(C(=O)c2ccco2)CC1. The molecule has 1 aromatic heterocycles. The number of piperazine rings is 1. The number of furan rings is 1. The van der Waals surface area contributed by atoms with Crippen molar-refractivity contribution in [1.82, 2.24) is 9.80 Å². The largest absolute Gasteiger partial charge is 0.459 e. The zero-order valence-electron chi connectivity index (χ0n) is 11.3. The van der Waals surface area contributed by atoms with Crippen LogP contribution in [0.4, 0.5) is 0 Å². The summed E-state index contributed by atoms with van der Waals surface area (Å²) >= 11 is 0. The Balaban J connectivity index is 1.85. The second kappa shape index (κ2) is 6.05. The summed E-state index contributed by atoms with van der Waals surface area (Å²) in [4.78, 5) is 16.4. The number of carbonyl (C=O) groups is 1. The first-order valence-corrected chi connectivity index (χ1v) is 6.79. The van der Waals surface area contributed by atoms with Crippen LogP contribution in [0.5, 0.6) is 0 Å². The highest BCUT2D eigenvalue weighted by Gasteiger charge is 2.25. The number of rotatable bonds is 4. The van der Waals surface area contributed by atoms with Crippen LogP contribution in [-0.2, 0) is 0 Å². The van der Waals surface area contributed by atoms with E-state index < -0.39 is 0 Å². The first kappa shape index (κ1) is 13.1. The van der Waals surface area contributed by atoms with Gasteiger partial charge in [0.25, 0.3) is 5.91 Å². The molecule has 0 bridgehead atoms. The molecule has 1 aromatic rings. The van der Waals surface area contributed by atoms with Crippen LogP contribution in [0, 0.1) is 0 Å². The molecule has 1 aliphatic heterocycles. The maximum absolute atomic E-state index is 12.1. The monoisotopic (exact) mass is 250 g/mol.